The molecule has 0 radical (unpaired) electrons. The van der Waals surface area contributed by atoms with Gasteiger partial charge in [-0.2, -0.15) is 0 Å². The Bertz CT molecular complexity index is 837. The standard InChI is InChI=1S/C19H17ClFNO3/c1-19(13-6-8-14(21)9-7-13)10-16(23)22(18(19)24)11-12-4-3-5-15(25-2)17(12)20/h3-9H,10-11H2,1-2H3. The molecule has 0 spiro atoms. The first kappa shape index (κ1) is 17.4. The van der Waals surface area contributed by atoms with Crippen molar-refractivity contribution in [3.63, 3.8) is 0 Å². The van der Waals surface area contributed by atoms with Gasteiger partial charge in [0.25, 0.3) is 0 Å². The normalized spacial score (nSPS) is 20.2. The molecule has 2 aromatic rings. The molecule has 6 heteroatoms. The Balaban J connectivity index is 1.91. The largest absolute Gasteiger partial charge is 0.495 e. The zero-order chi connectivity index (χ0) is 18.2. The molecule has 0 saturated carbocycles. The molecule has 2 amide bonds. The highest BCUT2D eigenvalue weighted by atomic mass is 35.5. The Labute approximate surface area is 150 Å². The van der Waals surface area contributed by atoms with Crippen molar-refractivity contribution < 1.29 is 18.7 Å². The van der Waals surface area contributed by atoms with Gasteiger partial charge in [0.2, 0.25) is 11.8 Å². The van der Waals surface area contributed by atoms with Gasteiger partial charge in [0, 0.05) is 6.42 Å². The smallest absolute Gasteiger partial charge is 0.240 e. The minimum absolute atomic E-state index is 0.0407. The lowest BCUT2D eigenvalue weighted by Gasteiger charge is -2.23. The number of hydrogen-bond donors (Lipinski definition) is 0. The monoisotopic (exact) mass is 361 g/mol. The van der Waals surface area contributed by atoms with Gasteiger partial charge in [0.1, 0.15) is 11.6 Å². The van der Waals surface area contributed by atoms with Crippen LogP contribution in [0.5, 0.6) is 5.75 Å². The fourth-order valence-corrected chi connectivity index (χ4v) is 3.36. The number of hydrogen-bond acceptors (Lipinski definition) is 3. The Morgan fingerprint density at radius 2 is 1.88 bits per heavy atom. The number of benzene rings is 2. The van der Waals surface area contributed by atoms with E-state index >= 15 is 0 Å². The van der Waals surface area contributed by atoms with Crippen LogP contribution in [-0.2, 0) is 21.5 Å². The first-order valence-corrected chi connectivity index (χ1v) is 8.17. The number of methoxy groups -OCH3 is 1. The van der Waals surface area contributed by atoms with Crippen LogP contribution in [-0.4, -0.2) is 23.8 Å². The lowest BCUT2D eigenvalue weighted by atomic mass is 9.81. The first-order chi connectivity index (χ1) is 11.9. The van der Waals surface area contributed by atoms with E-state index in [4.69, 9.17) is 16.3 Å². The van der Waals surface area contributed by atoms with Crippen molar-refractivity contribution in [1.82, 2.24) is 4.90 Å². The van der Waals surface area contributed by atoms with E-state index in [0.717, 1.165) is 0 Å². The van der Waals surface area contributed by atoms with E-state index in [0.29, 0.717) is 21.9 Å². The number of nitrogens with zero attached hydrogens (tertiary/aromatic N) is 1. The molecule has 0 bridgehead atoms. The van der Waals surface area contributed by atoms with Crippen LogP contribution in [0.2, 0.25) is 5.02 Å². The van der Waals surface area contributed by atoms with E-state index in [1.54, 1.807) is 37.3 Å². The second kappa shape index (κ2) is 6.48. The van der Waals surface area contributed by atoms with Crippen molar-refractivity contribution >= 4 is 23.4 Å². The topological polar surface area (TPSA) is 46.6 Å². The van der Waals surface area contributed by atoms with Crippen molar-refractivity contribution in [2.45, 2.75) is 25.3 Å². The summed E-state index contributed by atoms with van der Waals surface area (Å²) in [5, 5.41) is 0.376. The molecule has 1 fully saturated rings. The van der Waals surface area contributed by atoms with Crippen molar-refractivity contribution in [2.24, 2.45) is 0 Å². The number of halogens is 2. The number of imide groups is 1. The minimum Gasteiger partial charge on any atom is -0.495 e. The number of amides is 2. The highest BCUT2D eigenvalue weighted by Crippen LogP contribution is 2.38. The molecule has 1 heterocycles. The Morgan fingerprint density at radius 3 is 2.52 bits per heavy atom. The molecule has 0 aromatic heterocycles. The molecule has 1 aliphatic heterocycles. The average molecular weight is 362 g/mol. The molecule has 1 saturated heterocycles. The van der Waals surface area contributed by atoms with Crippen LogP contribution < -0.4 is 4.74 Å². The van der Waals surface area contributed by atoms with Crippen molar-refractivity contribution in [1.29, 1.82) is 0 Å². The van der Waals surface area contributed by atoms with Gasteiger partial charge in [-0.3, -0.25) is 14.5 Å². The number of rotatable bonds is 4. The van der Waals surface area contributed by atoms with Crippen LogP contribution in [0.1, 0.15) is 24.5 Å². The lowest BCUT2D eigenvalue weighted by Crippen LogP contribution is -2.36. The maximum absolute atomic E-state index is 13.2. The second-order valence-corrected chi connectivity index (χ2v) is 6.61. The molecule has 25 heavy (non-hydrogen) atoms. The number of carbonyl (C=O) groups excluding carboxylic acids is 2. The minimum atomic E-state index is -1.00. The van der Waals surface area contributed by atoms with E-state index in [1.807, 2.05) is 0 Å². The summed E-state index contributed by atoms with van der Waals surface area (Å²) in [5.41, 5.74) is 0.244. The van der Waals surface area contributed by atoms with Crippen LogP contribution >= 0.6 is 11.6 Å². The number of carbonyl (C=O) groups is 2. The summed E-state index contributed by atoms with van der Waals surface area (Å²) in [4.78, 5) is 26.6. The molecule has 130 valence electrons. The third-order valence-corrected chi connectivity index (χ3v) is 5.03. The summed E-state index contributed by atoms with van der Waals surface area (Å²) in [7, 11) is 1.50. The Hall–Kier alpha value is -2.40. The van der Waals surface area contributed by atoms with Gasteiger partial charge in [-0.05, 0) is 36.2 Å². The molecule has 1 unspecified atom stereocenters. The Morgan fingerprint density at radius 1 is 1.20 bits per heavy atom. The van der Waals surface area contributed by atoms with Crippen LogP contribution in [0.3, 0.4) is 0 Å². The molecule has 2 aromatic carbocycles. The molecule has 0 N–H and O–H groups in total. The summed E-state index contributed by atoms with van der Waals surface area (Å²) in [6, 6.07) is 10.9. The predicted molar refractivity (Wildman–Crippen MR) is 91.9 cm³/mol. The van der Waals surface area contributed by atoms with E-state index < -0.39 is 5.41 Å². The van der Waals surface area contributed by atoms with Gasteiger partial charge in [-0.1, -0.05) is 35.9 Å². The van der Waals surface area contributed by atoms with Gasteiger partial charge in [-0.15, -0.1) is 0 Å². The first-order valence-electron chi connectivity index (χ1n) is 7.79. The molecular weight excluding hydrogens is 345 g/mol. The summed E-state index contributed by atoms with van der Waals surface area (Å²) < 4.78 is 18.3. The third-order valence-electron chi connectivity index (χ3n) is 4.60. The quantitative estimate of drug-likeness (QED) is 0.780. The summed E-state index contributed by atoms with van der Waals surface area (Å²) in [6.07, 6.45) is 0.0407. The van der Waals surface area contributed by atoms with Crippen LogP contribution in [0.15, 0.2) is 42.5 Å². The molecule has 1 atom stereocenters. The third kappa shape index (κ3) is 3.00. The molecule has 1 aliphatic rings. The van der Waals surface area contributed by atoms with Crippen molar-refractivity contribution in [2.75, 3.05) is 7.11 Å². The van der Waals surface area contributed by atoms with Crippen molar-refractivity contribution in [3.8, 4) is 5.75 Å². The van der Waals surface area contributed by atoms with Crippen molar-refractivity contribution in [3.05, 3.63) is 64.4 Å². The molecule has 3 rings (SSSR count). The summed E-state index contributed by atoms with van der Waals surface area (Å²) in [5.74, 6) is -0.498. The fraction of sp³-hybridized carbons (Fsp3) is 0.263. The zero-order valence-electron chi connectivity index (χ0n) is 13.9. The van der Waals surface area contributed by atoms with Gasteiger partial charge in [0.15, 0.2) is 0 Å². The highest BCUT2D eigenvalue weighted by Gasteiger charge is 2.49. The second-order valence-electron chi connectivity index (χ2n) is 6.23. The number of likely N-dealkylation sites (tertiary alicyclic amines) is 1. The van der Waals surface area contributed by atoms with Gasteiger partial charge in [-0.25, -0.2) is 4.39 Å². The lowest BCUT2D eigenvalue weighted by molar-refractivity contribution is -0.140. The molecule has 0 aliphatic carbocycles. The van der Waals surface area contributed by atoms with E-state index in [9.17, 15) is 14.0 Å². The maximum Gasteiger partial charge on any atom is 0.240 e. The van der Waals surface area contributed by atoms with Crippen LogP contribution in [0.4, 0.5) is 4.39 Å². The predicted octanol–water partition coefficient (Wildman–Crippen LogP) is 3.70. The van der Waals surface area contributed by atoms with E-state index in [2.05, 4.69) is 0 Å². The van der Waals surface area contributed by atoms with Crippen LogP contribution in [0.25, 0.3) is 0 Å². The Kier molecular flexibility index (Phi) is 4.52. The van der Waals surface area contributed by atoms with Gasteiger partial charge < -0.3 is 4.74 Å². The zero-order valence-corrected chi connectivity index (χ0v) is 14.6. The van der Waals surface area contributed by atoms with Gasteiger partial charge >= 0.3 is 0 Å². The highest BCUT2D eigenvalue weighted by molar-refractivity contribution is 6.32. The fourth-order valence-electron chi connectivity index (χ4n) is 3.09. The van der Waals surface area contributed by atoms with E-state index in [1.165, 1.54) is 24.1 Å². The van der Waals surface area contributed by atoms with Crippen LogP contribution in [0, 0.1) is 5.82 Å². The summed E-state index contributed by atoms with van der Waals surface area (Å²) in [6.45, 7) is 1.78. The SMILES string of the molecule is COc1cccc(CN2C(=O)CC(C)(c3ccc(F)cc3)C2=O)c1Cl. The molecular formula is C19H17ClFNO3. The molecule has 4 nitrogen and oxygen atoms in total. The maximum atomic E-state index is 13.2. The van der Waals surface area contributed by atoms with Gasteiger partial charge in [0.05, 0.1) is 24.1 Å². The average Bonchev–Trinajstić information content (AvgIpc) is 2.81. The summed E-state index contributed by atoms with van der Waals surface area (Å²) >= 11 is 6.27. The number of ether oxygens (including phenoxy) is 1. The van der Waals surface area contributed by atoms with E-state index in [-0.39, 0.29) is 30.6 Å².